The first kappa shape index (κ1) is 17.3. The molecule has 6 heteroatoms. The van der Waals surface area contributed by atoms with Gasteiger partial charge in [-0.05, 0) is 55.7 Å². The summed E-state index contributed by atoms with van der Waals surface area (Å²) in [4.78, 5) is 14.1. The molecule has 1 aromatic rings. The summed E-state index contributed by atoms with van der Waals surface area (Å²) in [6.45, 7) is 2.90. The van der Waals surface area contributed by atoms with Gasteiger partial charge in [0.1, 0.15) is 0 Å². The first-order valence-electron chi connectivity index (χ1n) is 8.84. The number of hydrogen-bond acceptors (Lipinski definition) is 3. The summed E-state index contributed by atoms with van der Waals surface area (Å²) in [6, 6.07) is 6.10. The van der Waals surface area contributed by atoms with Gasteiger partial charge >= 0.3 is 6.03 Å². The predicted molar refractivity (Wildman–Crippen MR) is 94.8 cm³/mol. The van der Waals surface area contributed by atoms with E-state index in [1.165, 1.54) is 24.0 Å². The Morgan fingerprint density at radius 2 is 2.00 bits per heavy atom. The number of nitrogens with one attached hydrogen (secondary N) is 1. The van der Waals surface area contributed by atoms with Crippen LogP contribution >= 0.6 is 0 Å². The number of aryl methyl sites for hydroxylation is 2. The molecule has 5 nitrogen and oxygen atoms in total. The number of nitrogens with zero attached hydrogens (tertiary/aromatic N) is 1. The third-order valence-corrected chi connectivity index (χ3v) is 6.86. The molecular weight excluding hydrogens is 324 g/mol. The molecule has 0 radical (unpaired) electrons. The summed E-state index contributed by atoms with van der Waals surface area (Å²) < 4.78 is 23.3. The first-order chi connectivity index (χ1) is 11.5. The number of urea groups is 1. The van der Waals surface area contributed by atoms with Crippen LogP contribution in [-0.2, 0) is 29.2 Å². The number of hydrogen-bond donors (Lipinski definition) is 1. The van der Waals surface area contributed by atoms with Gasteiger partial charge in [-0.15, -0.1) is 0 Å². The fourth-order valence-corrected chi connectivity index (χ4v) is 5.50. The van der Waals surface area contributed by atoms with Gasteiger partial charge in [0, 0.05) is 19.1 Å². The average molecular weight is 350 g/mol. The lowest BCUT2D eigenvalue weighted by atomic mass is 9.90. The molecule has 24 heavy (non-hydrogen) atoms. The van der Waals surface area contributed by atoms with Gasteiger partial charge in [0.2, 0.25) is 0 Å². The van der Waals surface area contributed by atoms with E-state index in [4.69, 9.17) is 0 Å². The molecule has 2 aliphatic rings. The van der Waals surface area contributed by atoms with E-state index in [1.807, 2.05) is 6.92 Å². The van der Waals surface area contributed by atoms with Crippen LogP contribution in [0.25, 0.3) is 0 Å². The quantitative estimate of drug-likeness (QED) is 0.906. The summed E-state index contributed by atoms with van der Waals surface area (Å²) in [6.07, 6.45) is 5.32. The molecule has 1 aliphatic heterocycles. The molecular formula is C18H26N2O3S. The molecule has 0 bridgehead atoms. The Bertz CT molecular complexity index is 715. The molecule has 1 fully saturated rings. The molecule has 132 valence electrons. The Morgan fingerprint density at radius 1 is 1.25 bits per heavy atom. The summed E-state index contributed by atoms with van der Waals surface area (Å²) >= 11 is 0. The third-order valence-electron chi connectivity index (χ3n) is 5.11. The molecule has 1 saturated heterocycles. The van der Waals surface area contributed by atoms with Crippen molar-refractivity contribution >= 4 is 15.9 Å². The van der Waals surface area contributed by atoms with Crippen LogP contribution in [0.5, 0.6) is 0 Å². The van der Waals surface area contributed by atoms with Crippen LogP contribution in [-0.4, -0.2) is 43.4 Å². The van der Waals surface area contributed by atoms with Crippen molar-refractivity contribution in [2.45, 2.75) is 51.6 Å². The number of amides is 2. The smallest absolute Gasteiger partial charge is 0.317 e. The van der Waals surface area contributed by atoms with Crippen LogP contribution < -0.4 is 5.32 Å². The molecule has 1 aliphatic carbocycles. The van der Waals surface area contributed by atoms with Crippen molar-refractivity contribution in [3.63, 3.8) is 0 Å². The Labute approximate surface area is 144 Å². The minimum Gasteiger partial charge on any atom is -0.334 e. The third kappa shape index (κ3) is 3.91. The van der Waals surface area contributed by atoms with Crippen molar-refractivity contribution in [3.8, 4) is 0 Å². The largest absolute Gasteiger partial charge is 0.334 e. The highest BCUT2D eigenvalue weighted by molar-refractivity contribution is 7.91. The fraction of sp³-hybridized carbons (Fsp3) is 0.611. The predicted octanol–water partition coefficient (Wildman–Crippen LogP) is 2.28. The van der Waals surface area contributed by atoms with Crippen molar-refractivity contribution in [1.29, 1.82) is 0 Å². The number of carbonyl (C=O) groups excluding carboxylic acids is 1. The average Bonchev–Trinajstić information content (AvgIpc) is 2.93. The SMILES string of the molecule is CCN(C(=O)NCc1ccc2c(c1)CCCC2)[C@@H]1CCS(=O)(=O)C1. The van der Waals surface area contributed by atoms with Gasteiger partial charge in [0.05, 0.1) is 11.5 Å². The Balaban J connectivity index is 1.60. The zero-order valence-corrected chi connectivity index (χ0v) is 15.1. The molecule has 0 spiro atoms. The van der Waals surface area contributed by atoms with E-state index in [0.29, 0.717) is 19.5 Å². The van der Waals surface area contributed by atoms with Crippen molar-refractivity contribution in [2.24, 2.45) is 0 Å². The number of benzene rings is 1. The highest BCUT2D eigenvalue weighted by Crippen LogP contribution is 2.22. The fourth-order valence-electron chi connectivity index (χ4n) is 3.76. The second-order valence-electron chi connectivity index (χ2n) is 6.81. The molecule has 1 N–H and O–H groups in total. The molecule has 0 aromatic heterocycles. The normalized spacial score (nSPS) is 22.0. The molecule has 3 rings (SSSR count). The minimum absolute atomic E-state index is 0.0904. The molecule has 1 heterocycles. The van der Waals surface area contributed by atoms with E-state index in [0.717, 1.165) is 18.4 Å². The standard InChI is InChI=1S/C18H26N2O3S/c1-2-20(17-9-10-24(22,23)13-17)18(21)19-12-14-7-8-15-5-3-4-6-16(15)11-14/h7-8,11,17H,2-6,9-10,12-13H2,1H3,(H,19,21)/t17-/m1/s1. The molecule has 0 unspecified atom stereocenters. The van der Waals surface area contributed by atoms with Gasteiger partial charge in [-0.25, -0.2) is 13.2 Å². The summed E-state index contributed by atoms with van der Waals surface area (Å²) in [7, 11) is -2.98. The van der Waals surface area contributed by atoms with Crippen molar-refractivity contribution in [3.05, 3.63) is 34.9 Å². The lowest BCUT2D eigenvalue weighted by Crippen LogP contribution is -2.46. The summed E-state index contributed by atoms with van der Waals surface area (Å²) in [5, 5.41) is 2.95. The Morgan fingerprint density at radius 3 is 2.67 bits per heavy atom. The van der Waals surface area contributed by atoms with Gasteiger partial charge < -0.3 is 10.2 Å². The maximum absolute atomic E-state index is 12.5. The van der Waals surface area contributed by atoms with Crippen LogP contribution in [0.4, 0.5) is 4.79 Å². The van der Waals surface area contributed by atoms with Crippen LogP contribution in [0.15, 0.2) is 18.2 Å². The van der Waals surface area contributed by atoms with Crippen LogP contribution in [0, 0.1) is 0 Å². The summed E-state index contributed by atoms with van der Waals surface area (Å²) in [5.41, 5.74) is 3.95. The van der Waals surface area contributed by atoms with Gasteiger partial charge in [0.15, 0.2) is 9.84 Å². The second kappa shape index (κ2) is 7.13. The highest BCUT2D eigenvalue weighted by Gasteiger charge is 2.33. The maximum atomic E-state index is 12.5. The first-order valence-corrected chi connectivity index (χ1v) is 10.7. The van der Waals surface area contributed by atoms with Gasteiger partial charge in [0.25, 0.3) is 0 Å². The zero-order valence-electron chi connectivity index (χ0n) is 14.3. The molecule has 1 atom stereocenters. The van der Waals surface area contributed by atoms with Crippen LogP contribution in [0.3, 0.4) is 0 Å². The summed E-state index contributed by atoms with van der Waals surface area (Å²) in [5.74, 6) is 0.277. The van der Waals surface area contributed by atoms with Crippen molar-refractivity contribution in [1.82, 2.24) is 10.2 Å². The van der Waals surface area contributed by atoms with E-state index in [-0.39, 0.29) is 23.6 Å². The topological polar surface area (TPSA) is 66.5 Å². The molecule has 0 saturated carbocycles. The maximum Gasteiger partial charge on any atom is 0.317 e. The van der Waals surface area contributed by atoms with Gasteiger partial charge in [-0.3, -0.25) is 0 Å². The van der Waals surface area contributed by atoms with Crippen molar-refractivity contribution in [2.75, 3.05) is 18.1 Å². The van der Waals surface area contributed by atoms with Crippen molar-refractivity contribution < 1.29 is 13.2 Å². The number of fused-ring (bicyclic) bond motifs is 1. The van der Waals surface area contributed by atoms with E-state index in [2.05, 4.69) is 23.5 Å². The lowest BCUT2D eigenvalue weighted by Gasteiger charge is -2.27. The van der Waals surface area contributed by atoms with E-state index >= 15 is 0 Å². The minimum atomic E-state index is -2.98. The number of rotatable bonds is 4. The number of carbonyl (C=O) groups is 1. The lowest BCUT2D eigenvalue weighted by molar-refractivity contribution is 0.183. The van der Waals surface area contributed by atoms with Gasteiger partial charge in [-0.1, -0.05) is 18.2 Å². The van der Waals surface area contributed by atoms with Crippen LogP contribution in [0.1, 0.15) is 42.9 Å². The Kier molecular flexibility index (Phi) is 5.13. The highest BCUT2D eigenvalue weighted by atomic mass is 32.2. The van der Waals surface area contributed by atoms with E-state index in [9.17, 15) is 13.2 Å². The Hall–Kier alpha value is -1.56. The number of sulfone groups is 1. The zero-order chi connectivity index (χ0) is 17.2. The second-order valence-corrected chi connectivity index (χ2v) is 9.04. The van der Waals surface area contributed by atoms with E-state index < -0.39 is 9.84 Å². The molecule has 2 amide bonds. The monoisotopic (exact) mass is 350 g/mol. The van der Waals surface area contributed by atoms with E-state index in [1.54, 1.807) is 4.90 Å². The van der Waals surface area contributed by atoms with Gasteiger partial charge in [-0.2, -0.15) is 0 Å². The van der Waals surface area contributed by atoms with Crippen LogP contribution in [0.2, 0.25) is 0 Å². The molecule has 1 aromatic carbocycles.